The van der Waals surface area contributed by atoms with Gasteiger partial charge in [-0.2, -0.15) is 5.26 Å². The summed E-state index contributed by atoms with van der Waals surface area (Å²) in [5.74, 6) is -1.95. The predicted octanol–water partition coefficient (Wildman–Crippen LogP) is 2.39. The molecule has 1 saturated heterocycles. The molecule has 0 aromatic carbocycles. The first kappa shape index (κ1) is 18.9. The van der Waals surface area contributed by atoms with Gasteiger partial charge in [0.05, 0.1) is 12.0 Å². The summed E-state index contributed by atoms with van der Waals surface area (Å²) in [7, 11) is 0. The zero-order valence-corrected chi connectivity index (χ0v) is 14.5. The summed E-state index contributed by atoms with van der Waals surface area (Å²) in [6.07, 6.45) is -0.878. The zero-order valence-electron chi connectivity index (χ0n) is 14.5. The molecule has 1 aliphatic rings. The monoisotopic (exact) mass is 324 g/mol. The molecule has 1 aliphatic heterocycles. The van der Waals surface area contributed by atoms with Crippen molar-refractivity contribution in [3.63, 3.8) is 0 Å². The van der Waals surface area contributed by atoms with E-state index in [0.717, 1.165) is 4.90 Å². The van der Waals surface area contributed by atoms with Gasteiger partial charge in [-0.15, -0.1) is 0 Å². The fourth-order valence-electron chi connectivity index (χ4n) is 2.21. The molecule has 1 fully saturated rings. The number of nitrogens with zero attached hydrogens (tertiary/aromatic N) is 2. The summed E-state index contributed by atoms with van der Waals surface area (Å²) in [6, 6.07) is 0.844. The molecule has 7 heteroatoms. The predicted molar refractivity (Wildman–Crippen MR) is 81.1 cm³/mol. The molecule has 128 valence electrons. The van der Waals surface area contributed by atoms with E-state index < -0.39 is 41.1 Å². The van der Waals surface area contributed by atoms with Gasteiger partial charge in [0, 0.05) is 6.42 Å². The van der Waals surface area contributed by atoms with Gasteiger partial charge in [0.15, 0.2) is 0 Å². The first-order valence-electron chi connectivity index (χ1n) is 7.51. The third-order valence-corrected chi connectivity index (χ3v) is 3.01. The van der Waals surface area contributed by atoms with Crippen LogP contribution in [0.25, 0.3) is 0 Å². The van der Waals surface area contributed by atoms with E-state index >= 15 is 0 Å². The van der Waals surface area contributed by atoms with Crippen LogP contribution in [0.3, 0.4) is 0 Å². The van der Waals surface area contributed by atoms with Crippen molar-refractivity contribution >= 4 is 18.0 Å². The van der Waals surface area contributed by atoms with E-state index in [-0.39, 0.29) is 12.8 Å². The zero-order chi connectivity index (χ0) is 18.0. The van der Waals surface area contributed by atoms with E-state index in [1.165, 1.54) is 0 Å². The molecule has 0 N–H and O–H groups in total. The Hall–Kier alpha value is -2.10. The second-order valence-electron chi connectivity index (χ2n) is 7.53. The maximum absolute atomic E-state index is 12.4. The summed E-state index contributed by atoms with van der Waals surface area (Å²) in [6.45, 7) is 10.1. The molecule has 0 bridgehead atoms. The van der Waals surface area contributed by atoms with Crippen LogP contribution in [-0.2, 0) is 19.1 Å². The summed E-state index contributed by atoms with van der Waals surface area (Å²) in [5, 5.41) is 8.81. The molecule has 0 aromatic rings. The molecule has 7 nitrogen and oxygen atoms in total. The maximum Gasteiger partial charge on any atom is 0.417 e. The minimum atomic E-state index is -1.06. The highest BCUT2D eigenvalue weighted by molar-refractivity contribution is 6.00. The number of rotatable bonds is 2. The van der Waals surface area contributed by atoms with Crippen molar-refractivity contribution in [2.24, 2.45) is 5.92 Å². The van der Waals surface area contributed by atoms with Gasteiger partial charge in [-0.05, 0) is 48.0 Å². The first-order chi connectivity index (χ1) is 10.4. The number of carbonyl (C=O) groups excluding carboxylic acids is 3. The molecule has 23 heavy (non-hydrogen) atoms. The van der Waals surface area contributed by atoms with Crippen molar-refractivity contribution in [2.75, 3.05) is 0 Å². The Morgan fingerprint density at radius 3 is 2.13 bits per heavy atom. The molecule has 0 spiro atoms. The van der Waals surface area contributed by atoms with Gasteiger partial charge >= 0.3 is 12.1 Å². The quantitative estimate of drug-likeness (QED) is 0.724. The van der Waals surface area contributed by atoms with Crippen LogP contribution in [0.4, 0.5) is 4.79 Å². The fourth-order valence-corrected chi connectivity index (χ4v) is 2.21. The molecule has 0 saturated carbocycles. The first-order valence-corrected chi connectivity index (χ1v) is 7.51. The highest BCUT2D eigenvalue weighted by Gasteiger charge is 2.49. The molecule has 0 aromatic heterocycles. The molecule has 2 amide bonds. The minimum absolute atomic E-state index is 0.0581. The van der Waals surface area contributed by atoms with Crippen molar-refractivity contribution in [1.29, 1.82) is 5.26 Å². The molecule has 0 unspecified atom stereocenters. The van der Waals surface area contributed by atoms with Gasteiger partial charge in [0.25, 0.3) is 0 Å². The number of imide groups is 1. The fraction of sp³-hybridized carbons (Fsp3) is 0.750. The SMILES string of the molecule is CC(C)(C)OC(=O)[C@@H]1C[C@H](CC#N)C(=O)N1C(=O)OC(C)(C)C. The van der Waals surface area contributed by atoms with Gasteiger partial charge in [0.1, 0.15) is 17.2 Å². The van der Waals surface area contributed by atoms with Gasteiger partial charge < -0.3 is 9.47 Å². The second-order valence-corrected chi connectivity index (χ2v) is 7.53. The van der Waals surface area contributed by atoms with Crippen LogP contribution in [0.15, 0.2) is 0 Å². The van der Waals surface area contributed by atoms with Crippen LogP contribution < -0.4 is 0 Å². The van der Waals surface area contributed by atoms with Crippen LogP contribution >= 0.6 is 0 Å². The molecule has 0 radical (unpaired) electrons. The number of nitriles is 1. The van der Waals surface area contributed by atoms with Crippen molar-refractivity contribution in [2.45, 2.75) is 71.6 Å². The lowest BCUT2D eigenvalue weighted by Gasteiger charge is -2.28. The van der Waals surface area contributed by atoms with Gasteiger partial charge in [-0.3, -0.25) is 4.79 Å². The van der Waals surface area contributed by atoms with E-state index in [2.05, 4.69) is 0 Å². The van der Waals surface area contributed by atoms with Gasteiger partial charge in [-0.25, -0.2) is 14.5 Å². The number of ether oxygens (including phenoxy) is 2. The highest BCUT2D eigenvalue weighted by atomic mass is 16.6. The van der Waals surface area contributed by atoms with Crippen molar-refractivity contribution in [3.8, 4) is 6.07 Å². The van der Waals surface area contributed by atoms with Crippen molar-refractivity contribution in [3.05, 3.63) is 0 Å². The molecular formula is C16H24N2O5. The molecule has 2 atom stereocenters. The Labute approximate surface area is 136 Å². The summed E-state index contributed by atoms with van der Waals surface area (Å²) < 4.78 is 10.5. The Kier molecular flexibility index (Phi) is 5.41. The van der Waals surface area contributed by atoms with Crippen LogP contribution in [0.1, 0.15) is 54.4 Å². The van der Waals surface area contributed by atoms with Crippen LogP contribution in [0.2, 0.25) is 0 Å². The normalized spacial score (nSPS) is 21.8. The van der Waals surface area contributed by atoms with E-state index in [1.54, 1.807) is 41.5 Å². The Morgan fingerprint density at radius 2 is 1.70 bits per heavy atom. The maximum atomic E-state index is 12.4. The lowest BCUT2D eigenvalue weighted by molar-refractivity contribution is -0.161. The Morgan fingerprint density at radius 1 is 1.17 bits per heavy atom. The lowest BCUT2D eigenvalue weighted by atomic mass is 10.0. The van der Waals surface area contributed by atoms with Crippen molar-refractivity contribution in [1.82, 2.24) is 4.90 Å². The number of esters is 1. The van der Waals surface area contributed by atoms with Gasteiger partial charge in [0.2, 0.25) is 5.91 Å². The molecule has 0 aliphatic carbocycles. The lowest BCUT2D eigenvalue weighted by Crippen LogP contribution is -2.47. The molecule has 1 rings (SSSR count). The largest absolute Gasteiger partial charge is 0.458 e. The van der Waals surface area contributed by atoms with E-state index in [1.807, 2.05) is 6.07 Å². The third kappa shape index (κ3) is 5.23. The van der Waals surface area contributed by atoms with Gasteiger partial charge in [-0.1, -0.05) is 0 Å². The smallest absolute Gasteiger partial charge is 0.417 e. The third-order valence-electron chi connectivity index (χ3n) is 3.01. The Balaban J connectivity index is 3.04. The van der Waals surface area contributed by atoms with Crippen LogP contribution in [-0.4, -0.2) is 40.1 Å². The number of hydrogen-bond acceptors (Lipinski definition) is 6. The van der Waals surface area contributed by atoms with Crippen molar-refractivity contribution < 1.29 is 23.9 Å². The molecule has 1 heterocycles. The average molecular weight is 324 g/mol. The number of carbonyl (C=O) groups is 3. The number of likely N-dealkylation sites (tertiary alicyclic amines) is 1. The summed E-state index contributed by atoms with van der Waals surface area (Å²) >= 11 is 0. The Bertz CT molecular complexity index is 536. The number of amides is 2. The number of hydrogen-bond donors (Lipinski definition) is 0. The summed E-state index contributed by atoms with van der Waals surface area (Å²) in [4.78, 5) is 37.8. The second kappa shape index (κ2) is 6.57. The van der Waals surface area contributed by atoms with Crippen LogP contribution in [0, 0.1) is 17.2 Å². The minimum Gasteiger partial charge on any atom is -0.458 e. The molecular weight excluding hydrogens is 300 g/mol. The van der Waals surface area contributed by atoms with E-state index in [0.29, 0.717) is 0 Å². The van der Waals surface area contributed by atoms with E-state index in [9.17, 15) is 14.4 Å². The topological polar surface area (TPSA) is 96.7 Å². The van der Waals surface area contributed by atoms with E-state index in [4.69, 9.17) is 14.7 Å². The van der Waals surface area contributed by atoms with Crippen LogP contribution in [0.5, 0.6) is 0 Å². The highest BCUT2D eigenvalue weighted by Crippen LogP contribution is 2.30. The average Bonchev–Trinajstić information content (AvgIpc) is 2.63. The standard InChI is InChI=1S/C16H24N2O5/c1-15(2,3)22-13(20)11-9-10(7-8-17)12(19)18(11)14(21)23-16(4,5)6/h10-11H,7,9H2,1-6H3/t10-,11-/m0/s1. The summed E-state index contributed by atoms with van der Waals surface area (Å²) in [5.41, 5.74) is -1.55.